The number of fused-ring (bicyclic) bond motifs is 1. The first kappa shape index (κ1) is 12.1. The van der Waals surface area contributed by atoms with Crippen molar-refractivity contribution in [2.45, 2.75) is 6.92 Å². The summed E-state index contributed by atoms with van der Waals surface area (Å²) in [6.45, 7) is 0.768. The van der Waals surface area contributed by atoms with Crippen LogP contribution in [0.25, 0.3) is 11.0 Å². The van der Waals surface area contributed by atoms with Gasteiger partial charge in [0.05, 0.1) is 10.1 Å². The van der Waals surface area contributed by atoms with Crippen molar-refractivity contribution in [1.82, 2.24) is 10.0 Å². The van der Waals surface area contributed by atoms with Gasteiger partial charge in [0.1, 0.15) is 12.2 Å². The van der Waals surface area contributed by atoms with E-state index in [0.717, 1.165) is 0 Å². The van der Waals surface area contributed by atoms with Gasteiger partial charge in [0, 0.05) is 11.0 Å². The quantitative estimate of drug-likeness (QED) is 0.572. The average Bonchev–Trinajstić information content (AvgIpc) is 2.37. The van der Waals surface area contributed by atoms with Gasteiger partial charge in [-0.3, -0.25) is 4.79 Å². The number of hydrogen-bond donors (Lipinski definition) is 2. The van der Waals surface area contributed by atoms with E-state index < -0.39 is 12.6 Å². The fourth-order valence-corrected chi connectivity index (χ4v) is 1.76. The van der Waals surface area contributed by atoms with Gasteiger partial charge in [-0.1, -0.05) is 12.1 Å². The Bertz CT molecular complexity index is 678. The lowest BCUT2D eigenvalue weighted by molar-refractivity contribution is -0.468. The molecular formula is C11H11N3O4. The van der Waals surface area contributed by atoms with E-state index in [1.165, 1.54) is 19.1 Å². The second-order valence-electron chi connectivity index (χ2n) is 3.68. The lowest BCUT2D eigenvalue weighted by atomic mass is 10.2. The molecule has 1 heterocycles. The monoisotopic (exact) mass is 249 g/mol. The van der Waals surface area contributed by atoms with E-state index in [1.807, 2.05) is 0 Å². The molecule has 0 saturated carbocycles. The number of carbonyl (C=O) groups is 1. The summed E-state index contributed by atoms with van der Waals surface area (Å²) in [4.78, 5) is 23.7. The molecule has 2 rings (SSSR count). The van der Waals surface area contributed by atoms with Gasteiger partial charge in [-0.05, 0) is 13.0 Å². The van der Waals surface area contributed by atoms with E-state index in [0.29, 0.717) is 9.16 Å². The van der Waals surface area contributed by atoms with Crippen LogP contribution in [0.5, 0.6) is 0 Å². The minimum atomic E-state index is -0.791. The first-order valence-electron chi connectivity index (χ1n) is 5.21. The predicted octanol–water partition coefficient (Wildman–Crippen LogP) is -0.110. The Morgan fingerprint density at radius 2 is 2.17 bits per heavy atom. The number of nitrogens with zero attached hydrogens (tertiary/aromatic N) is 2. The topological polar surface area (TPSA) is 100 Å². The summed E-state index contributed by atoms with van der Waals surface area (Å²) in [5, 5.41) is 22.6. The molecule has 0 aliphatic heterocycles. The van der Waals surface area contributed by atoms with Crippen LogP contribution in [0.2, 0.25) is 0 Å². The maximum atomic E-state index is 12.0. The third-order valence-corrected chi connectivity index (χ3v) is 2.62. The van der Waals surface area contributed by atoms with Gasteiger partial charge >= 0.3 is 11.6 Å². The fraction of sp³-hybridized carbons (Fsp3) is 0.182. The maximum Gasteiger partial charge on any atom is 0.346 e. The molecule has 0 aliphatic rings. The predicted molar refractivity (Wildman–Crippen MR) is 63.4 cm³/mol. The van der Waals surface area contributed by atoms with Crippen molar-refractivity contribution in [3.63, 3.8) is 0 Å². The van der Waals surface area contributed by atoms with E-state index in [1.54, 1.807) is 12.1 Å². The number of amides is 1. The first-order valence-corrected chi connectivity index (χ1v) is 5.21. The normalized spacial score (nSPS) is 10.6. The molecule has 0 fully saturated rings. The number of aromatic nitrogens is 2. The molecule has 1 aromatic heterocycles. The molecule has 7 heteroatoms. The van der Waals surface area contributed by atoms with Gasteiger partial charge in [-0.15, -0.1) is 0 Å². The molecule has 0 aliphatic carbocycles. The largest absolute Gasteiger partial charge is 0.805 e. The minimum absolute atomic E-state index is 0.0188. The van der Waals surface area contributed by atoms with Crippen LogP contribution in [0.3, 0.4) is 0 Å². The summed E-state index contributed by atoms with van der Waals surface area (Å²) >= 11 is 0. The number of carbonyl (C=O) groups excluding carboxylic acids is 1. The van der Waals surface area contributed by atoms with Crippen LogP contribution in [0.1, 0.15) is 16.2 Å². The summed E-state index contributed by atoms with van der Waals surface area (Å²) in [5.41, 5.74) is -0.0564. The van der Waals surface area contributed by atoms with Crippen LogP contribution in [0.15, 0.2) is 24.3 Å². The summed E-state index contributed by atoms with van der Waals surface area (Å²) in [6, 6.07) is 6.17. The van der Waals surface area contributed by atoms with E-state index in [2.05, 4.69) is 5.32 Å². The van der Waals surface area contributed by atoms with Crippen molar-refractivity contribution >= 4 is 16.9 Å². The number of hydrogen-bond acceptors (Lipinski definition) is 4. The number of aliphatic hydroxyl groups excluding tert-OH is 1. The van der Waals surface area contributed by atoms with Crippen molar-refractivity contribution in [2.24, 2.45) is 0 Å². The molecule has 18 heavy (non-hydrogen) atoms. The van der Waals surface area contributed by atoms with Gasteiger partial charge in [0.25, 0.3) is 5.52 Å². The van der Waals surface area contributed by atoms with Gasteiger partial charge in [-0.2, -0.15) is 0 Å². The number of benzene rings is 1. The Labute approximate surface area is 101 Å². The zero-order valence-electron chi connectivity index (χ0n) is 9.58. The molecule has 0 saturated heterocycles. The molecule has 2 N–H and O–H groups in total. The number of para-hydroxylation sites is 2. The van der Waals surface area contributed by atoms with Crippen LogP contribution in [-0.2, 0) is 0 Å². The van der Waals surface area contributed by atoms with Gasteiger partial charge < -0.3 is 20.4 Å². The molecule has 94 valence electrons. The van der Waals surface area contributed by atoms with Crippen LogP contribution in [0.4, 0.5) is 0 Å². The van der Waals surface area contributed by atoms with Gasteiger partial charge in [0.2, 0.25) is 0 Å². The van der Waals surface area contributed by atoms with Crippen molar-refractivity contribution in [3.05, 3.63) is 45.8 Å². The van der Waals surface area contributed by atoms with E-state index in [-0.39, 0.29) is 22.4 Å². The molecular weight excluding hydrogens is 238 g/mol. The summed E-state index contributed by atoms with van der Waals surface area (Å²) in [5.74, 6) is -0.791. The van der Waals surface area contributed by atoms with Crippen LogP contribution >= 0.6 is 0 Å². The highest BCUT2D eigenvalue weighted by atomic mass is 16.5. The highest BCUT2D eigenvalue weighted by molar-refractivity contribution is 5.92. The maximum absolute atomic E-state index is 12.0. The molecule has 0 unspecified atom stereocenters. The highest BCUT2D eigenvalue weighted by Gasteiger charge is 2.26. The SMILES string of the molecule is Cc1c(C(=O)NCO)[n+](=O)c2ccccc2n1[O-]. The van der Waals surface area contributed by atoms with E-state index in [9.17, 15) is 14.9 Å². The number of rotatable bonds is 2. The summed E-state index contributed by atoms with van der Waals surface area (Å²) in [7, 11) is 0. The lowest BCUT2D eigenvalue weighted by Crippen LogP contribution is -2.37. The molecule has 0 atom stereocenters. The average molecular weight is 249 g/mol. The first-order chi connectivity index (χ1) is 8.57. The fourth-order valence-electron chi connectivity index (χ4n) is 1.76. The molecule has 0 spiro atoms. The Kier molecular flexibility index (Phi) is 2.99. The third kappa shape index (κ3) is 1.70. The minimum Gasteiger partial charge on any atom is -0.805 e. The zero-order chi connectivity index (χ0) is 13.3. The molecule has 1 aromatic carbocycles. The second kappa shape index (κ2) is 4.46. The number of aliphatic hydroxyl groups is 1. The van der Waals surface area contributed by atoms with Crippen LogP contribution in [-0.4, -0.2) is 22.5 Å². The second-order valence-corrected chi connectivity index (χ2v) is 3.68. The molecule has 0 radical (unpaired) electrons. The number of nitrogens with one attached hydrogen (secondary N) is 1. The van der Waals surface area contributed by atoms with Crippen molar-refractivity contribution in [1.29, 1.82) is 0 Å². The van der Waals surface area contributed by atoms with Crippen LogP contribution in [0, 0.1) is 17.0 Å². The molecule has 7 nitrogen and oxygen atoms in total. The Balaban J connectivity index is 2.83. The smallest absolute Gasteiger partial charge is 0.346 e. The van der Waals surface area contributed by atoms with Gasteiger partial charge in [-0.25, -0.2) is 0 Å². The third-order valence-electron chi connectivity index (χ3n) is 2.62. The Morgan fingerprint density at radius 1 is 1.50 bits per heavy atom. The molecule has 1 amide bonds. The molecule has 2 aromatic rings. The van der Waals surface area contributed by atoms with Crippen molar-refractivity contribution in [2.75, 3.05) is 6.73 Å². The van der Waals surface area contributed by atoms with Crippen molar-refractivity contribution < 1.29 is 14.3 Å². The Morgan fingerprint density at radius 3 is 2.83 bits per heavy atom. The Hall–Kier alpha value is -2.41. The highest BCUT2D eigenvalue weighted by Crippen LogP contribution is 2.13. The van der Waals surface area contributed by atoms with Crippen molar-refractivity contribution in [3.8, 4) is 0 Å². The zero-order valence-corrected chi connectivity index (χ0v) is 9.58. The standard InChI is InChI=1S/C11H11N3O4/c1-7-10(11(16)12-6-15)14(18)9-5-3-2-4-8(9)13(7)17/h2-5,15H,6H2,1H3,(H,12,16). The van der Waals surface area contributed by atoms with Gasteiger partial charge in [0.15, 0.2) is 0 Å². The van der Waals surface area contributed by atoms with E-state index >= 15 is 0 Å². The summed E-state index contributed by atoms with van der Waals surface area (Å²) in [6.07, 6.45) is 0. The summed E-state index contributed by atoms with van der Waals surface area (Å²) < 4.78 is 0.917. The molecule has 0 bridgehead atoms. The lowest BCUT2D eigenvalue weighted by Gasteiger charge is -2.15. The van der Waals surface area contributed by atoms with E-state index in [4.69, 9.17) is 5.11 Å². The van der Waals surface area contributed by atoms with Crippen LogP contribution < -0.4 is 9.74 Å².